The zero-order valence-electron chi connectivity index (χ0n) is 16.9. The van der Waals surface area contributed by atoms with Crippen LogP contribution in [0.5, 0.6) is 11.5 Å². The SMILES string of the molecule is Cc1ccc(S(C)(=O)=O)cc1C(=O)OCC(=O)NC(C)c1ccc2c(c1)OCCO2. The van der Waals surface area contributed by atoms with Gasteiger partial charge >= 0.3 is 5.97 Å². The number of benzene rings is 2. The summed E-state index contributed by atoms with van der Waals surface area (Å²) in [6.07, 6.45) is 1.06. The van der Waals surface area contributed by atoms with Crippen LogP contribution in [0.3, 0.4) is 0 Å². The topological polar surface area (TPSA) is 108 Å². The molecule has 0 saturated heterocycles. The molecule has 0 bridgehead atoms. The van der Waals surface area contributed by atoms with Gasteiger partial charge in [-0.15, -0.1) is 0 Å². The molecule has 3 rings (SSSR count). The Morgan fingerprint density at radius 1 is 1.10 bits per heavy atom. The standard InChI is InChI=1S/C21H23NO7S/c1-13-4-6-16(30(3,25)26)11-17(13)21(24)29-12-20(23)22-14(2)15-5-7-18-19(10-15)28-9-8-27-18/h4-7,10-11,14H,8-9,12H2,1-3H3,(H,22,23). The summed E-state index contributed by atoms with van der Waals surface area (Å²) in [6.45, 7) is 3.93. The van der Waals surface area contributed by atoms with E-state index in [4.69, 9.17) is 14.2 Å². The van der Waals surface area contributed by atoms with E-state index in [1.807, 2.05) is 6.07 Å². The zero-order valence-corrected chi connectivity index (χ0v) is 17.7. The van der Waals surface area contributed by atoms with E-state index in [0.717, 1.165) is 11.8 Å². The fourth-order valence-electron chi connectivity index (χ4n) is 2.96. The summed E-state index contributed by atoms with van der Waals surface area (Å²) < 4.78 is 39.5. The maximum Gasteiger partial charge on any atom is 0.338 e. The number of hydrogen-bond acceptors (Lipinski definition) is 7. The molecule has 1 aliphatic heterocycles. The molecule has 1 aliphatic rings. The molecule has 160 valence electrons. The van der Waals surface area contributed by atoms with Crippen LogP contribution in [0, 0.1) is 6.92 Å². The molecule has 0 aromatic heterocycles. The van der Waals surface area contributed by atoms with Gasteiger partial charge in [-0.25, -0.2) is 13.2 Å². The highest BCUT2D eigenvalue weighted by molar-refractivity contribution is 7.90. The predicted octanol–water partition coefficient (Wildman–Crippen LogP) is 2.20. The molecule has 0 fully saturated rings. The number of sulfone groups is 1. The lowest BCUT2D eigenvalue weighted by atomic mass is 10.1. The molecule has 0 saturated carbocycles. The van der Waals surface area contributed by atoms with E-state index in [1.165, 1.54) is 18.2 Å². The van der Waals surface area contributed by atoms with Crippen molar-refractivity contribution in [1.29, 1.82) is 0 Å². The molecule has 0 aliphatic carbocycles. The van der Waals surface area contributed by atoms with Crippen LogP contribution >= 0.6 is 0 Å². The van der Waals surface area contributed by atoms with E-state index in [-0.39, 0.29) is 16.5 Å². The lowest BCUT2D eigenvalue weighted by Gasteiger charge is -2.21. The number of rotatable bonds is 6. The molecule has 1 unspecified atom stereocenters. The number of carbonyl (C=O) groups excluding carboxylic acids is 2. The second-order valence-electron chi connectivity index (χ2n) is 7.02. The quantitative estimate of drug-likeness (QED) is 0.696. The molecule has 1 N–H and O–H groups in total. The van der Waals surface area contributed by atoms with Crippen LogP contribution in [-0.2, 0) is 19.4 Å². The Bertz CT molecular complexity index is 1080. The average molecular weight is 433 g/mol. The molecule has 2 aromatic rings. The number of ether oxygens (including phenoxy) is 3. The largest absolute Gasteiger partial charge is 0.486 e. The number of aryl methyl sites for hydroxylation is 1. The molecule has 30 heavy (non-hydrogen) atoms. The third-order valence-electron chi connectivity index (χ3n) is 4.64. The molecule has 8 nitrogen and oxygen atoms in total. The fraction of sp³-hybridized carbons (Fsp3) is 0.333. The van der Waals surface area contributed by atoms with Gasteiger partial charge in [0.15, 0.2) is 27.9 Å². The van der Waals surface area contributed by atoms with Gasteiger partial charge in [-0.2, -0.15) is 0 Å². The highest BCUT2D eigenvalue weighted by Gasteiger charge is 2.19. The number of carbonyl (C=O) groups is 2. The van der Waals surface area contributed by atoms with Crippen molar-refractivity contribution in [3.05, 3.63) is 53.1 Å². The molecule has 9 heteroatoms. The number of esters is 1. The predicted molar refractivity (Wildman–Crippen MR) is 109 cm³/mol. The third kappa shape index (κ3) is 5.10. The van der Waals surface area contributed by atoms with Gasteiger partial charge in [0, 0.05) is 6.26 Å². The highest BCUT2D eigenvalue weighted by Crippen LogP contribution is 2.32. The third-order valence-corrected chi connectivity index (χ3v) is 5.75. The van der Waals surface area contributed by atoms with Gasteiger partial charge in [-0.3, -0.25) is 4.79 Å². The fourth-order valence-corrected chi connectivity index (χ4v) is 3.60. The summed E-state index contributed by atoms with van der Waals surface area (Å²) in [6, 6.07) is 9.26. The molecule has 1 heterocycles. The first kappa shape index (κ1) is 21.6. The van der Waals surface area contributed by atoms with Crippen LogP contribution in [-0.4, -0.2) is 46.4 Å². The monoisotopic (exact) mass is 433 g/mol. The maximum absolute atomic E-state index is 12.3. The van der Waals surface area contributed by atoms with Crippen molar-refractivity contribution < 1.29 is 32.2 Å². The molecular formula is C21H23NO7S. The second kappa shape index (κ2) is 8.74. The van der Waals surface area contributed by atoms with Crippen LogP contribution in [0.2, 0.25) is 0 Å². The first-order valence-corrected chi connectivity index (χ1v) is 11.2. The summed E-state index contributed by atoms with van der Waals surface area (Å²) in [5.41, 5.74) is 1.47. The Morgan fingerprint density at radius 2 is 1.80 bits per heavy atom. The molecule has 0 spiro atoms. The van der Waals surface area contributed by atoms with Crippen LogP contribution in [0.15, 0.2) is 41.3 Å². The Labute approximate surface area is 175 Å². The molecule has 1 atom stereocenters. The lowest BCUT2D eigenvalue weighted by molar-refractivity contribution is -0.124. The Morgan fingerprint density at radius 3 is 2.50 bits per heavy atom. The van der Waals surface area contributed by atoms with Crippen LogP contribution in [0.4, 0.5) is 0 Å². The number of amides is 1. The average Bonchev–Trinajstić information content (AvgIpc) is 2.71. The number of nitrogens with one attached hydrogen (secondary N) is 1. The summed E-state index contributed by atoms with van der Waals surface area (Å²) >= 11 is 0. The second-order valence-corrected chi connectivity index (χ2v) is 9.03. The minimum Gasteiger partial charge on any atom is -0.486 e. The van der Waals surface area contributed by atoms with Crippen molar-refractivity contribution in [2.75, 3.05) is 26.1 Å². The minimum atomic E-state index is -3.47. The van der Waals surface area contributed by atoms with Gasteiger partial charge < -0.3 is 19.5 Å². The molecule has 2 aromatic carbocycles. The summed E-state index contributed by atoms with van der Waals surface area (Å²) in [5.74, 6) is 0.0273. The van der Waals surface area contributed by atoms with Crippen LogP contribution in [0.25, 0.3) is 0 Å². The summed E-state index contributed by atoms with van der Waals surface area (Å²) in [4.78, 5) is 24.6. The summed E-state index contributed by atoms with van der Waals surface area (Å²) in [5, 5.41) is 2.75. The van der Waals surface area contributed by atoms with E-state index < -0.39 is 28.3 Å². The lowest BCUT2D eigenvalue weighted by Crippen LogP contribution is -2.31. The first-order chi connectivity index (χ1) is 14.1. The van der Waals surface area contributed by atoms with Crippen LogP contribution < -0.4 is 14.8 Å². The molecular weight excluding hydrogens is 410 g/mol. The van der Waals surface area contributed by atoms with E-state index >= 15 is 0 Å². The Kier molecular flexibility index (Phi) is 6.31. The van der Waals surface area contributed by atoms with Crippen molar-refractivity contribution in [2.45, 2.75) is 24.8 Å². The van der Waals surface area contributed by atoms with Gasteiger partial charge in [0.2, 0.25) is 0 Å². The van der Waals surface area contributed by atoms with E-state index in [0.29, 0.717) is 30.3 Å². The number of fused-ring (bicyclic) bond motifs is 1. The van der Waals surface area contributed by atoms with Crippen molar-refractivity contribution in [3.63, 3.8) is 0 Å². The number of hydrogen-bond donors (Lipinski definition) is 1. The first-order valence-electron chi connectivity index (χ1n) is 9.32. The van der Waals surface area contributed by atoms with E-state index in [2.05, 4.69) is 5.32 Å². The van der Waals surface area contributed by atoms with Gasteiger partial charge in [0.05, 0.1) is 16.5 Å². The smallest absolute Gasteiger partial charge is 0.338 e. The normalized spacial score (nSPS) is 14.0. The molecule has 0 radical (unpaired) electrons. The van der Waals surface area contributed by atoms with E-state index in [9.17, 15) is 18.0 Å². The van der Waals surface area contributed by atoms with Crippen molar-refractivity contribution in [3.8, 4) is 11.5 Å². The van der Waals surface area contributed by atoms with Crippen molar-refractivity contribution in [1.82, 2.24) is 5.32 Å². The Balaban J connectivity index is 1.60. The van der Waals surface area contributed by atoms with Gasteiger partial charge in [0.25, 0.3) is 5.91 Å². The minimum absolute atomic E-state index is 0.0109. The Hall–Kier alpha value is -3.07. The van der Waals surface area contributed by atoms with Gasteiger partial charge in [-0.05, 0) is 49.2 Å². The van der Waals surface area contributed by atoms with Crippen molar-refractivity contribution >= 4 is 21.7 Å². The zero-order chi connectivity index (χ0) is 21.9. The maximum atomic E-state index is 12.3. The highest BCUT2D eigenvalue weighted by atomic mass is 32.2. The van der Waals surface area contributed by atoms with Crippen molar-refractivity contribution in [2.24, 2.45) is 0 Å². The van der Waals surface area contributed by atoms with Gasteiger partial charge in [0.1, 0.15) is 13.2 Å². The van der Waals surface area contributed by atoms with Gasteiger partial charge in [-0.1, -0.05) is 12.1 Å². The van der Waals surface area contributed by atoms with Crippen LogP contribution in [0.1, 0.15) is 34.5 Å². The molecule has 1 amide bonds. The summed E-state index contributed by atoms with van der Waals surface area (Å²) in [7, 11) is -3.47. The van der Waals surface area contributed by atoms with E-state index in [1.54, 1.807) is 26.0 Å².